The molecule has 0 aliphatic rings. The van der Waals surface area contributed by atoms with Crippen LogP contribution in [0.3, 0.4) is 0 Å². The van der Waals surface area contributed by atoms with Gasteiger partial charge in [0.2, 0.25) is 0 Å². The van der Waals surface area contributed by atoms with E-state index in [0.29, 0.717) is 0 Å². The minimum Gasteiger partial charge on any atom is -0.487 e. The van der Waals surface area contributed by atoms with Gasteiger partial charge in [0.05, 0.1) is 0 Å². The largest absolute Gasteiger partial charge is 0.487 e. The SMILES string of the molecule is C=C(C)COc1cc(F)ccc1N=O. The summed E-state index contributed by atoms with van der Waals surface area (Å²) >= 11 is 0. The summed E-state index contributed by atoms with van der Waals surface area (Å²) in [7, 11) is 0. The summed E-state index contributed by atoms with van der Waals surface area (Å²) in [5, 5.41) is 2.72. The van der Waals surface area contributed by atoms with Gasteiger partial charge in [-0.15, -0.1) is 4.91 Å². The zero-order valence-electron chi connectivity index (χ0n) is 7.79. The molecule has 1 aromatic carbocycles. The van der Waals surface area contributed by atoms with E-state index in [9.17, 15) is 9.30 Å². The summed E-state index contributed by atoms with van der Waals surface area (Å²) < 4.78 is 17.9. The van der Waals surface area contributed by atoms with Gasteiger partial charge in [-0.3, -0.25) is 0 Å². The molecule has 0 amide bonds. The molecule has 0 unspecified atom stereocenters. The highest BCUT2D eigenvalue weighted by Crippen LogP contribution is 2.28. The molecule has 0 heterocycles. The van der Waals surface area contributed by atoms with E-state index in [0.717, 1.165) is 17.7 Å². The Labute approximate surface area is 81.2 Å². The molecule has 0 saturated heterocycles. The van der Waals surface area contributed by atoms with Gasteiger partial charge in [-0.2, -0.15) is 0 Å². The van der Waals surface area contributed by atoms with Crippen molar-refractivity contribution in [3.05, 3.63) is 41.1 Å². The molecule has 0 aliphatic heterocycles. The molecule has 0 atom stereocenters. The highest BCUT2D eigenvalue weighted by Gasteiger charge is 2.05. The molecule has 0 spiro atoms. The van der Waals surface area contributed by atoms with Crippen LogP contribution in [0.25, 0.3) is 0 Å². The van der Waals surface area contributed by atoms with Crippen molar-refractivity contribution in [1.29, 1.82) is 0 Å². The Morgan fingerprint density at radius 1 is 1.64 bits per heavy atom. The summed E-state index contributed by atoms with van der Waals surface area (Å²) in [6.07, 6.45) is 0. The maximum atomic E-state index is 12.8. The third kappa shape index (κ3) is 2.65. The van der Waals surface area contributed by atoms with Crippen molar-refractivity contribution < 1.29 is 9.13 Å². The van der Waals surface area contributed by atoms with Gasteiger partial charge in [-0.1, -0.05) is 6.58 Å². The van der Waals surface area contributed by atoms with Gasteiger partial charge in [0, 0.05) is 6.07 Å². The van der Waals surface area contributed by atoms with E-state index in [1.807, 2.05) is 0 Å². The quantitative estimate of drug-likeness (QED) is 0.546. The second-order valence-electron chi connectivity index (χ2n) is 2.95. The zero-order valence-corrected chi connectivity index (χ0v) is 7.79. The van der Waals surface area contributed by atoms with Crippen LogP contribution >= 0.6 is 0 Å². The number of nitrogens with zero attached hydrogens (tertiary/aromatic N) is 1. The van der Waals surface area contributed by atoms with Gasteiger partial charge in [-0.25, -0.2) is 4.39 Å². The van der Waals surface area contributed by atoms with Crippen LogP contribution in [0.2, 0.25) is 0 Å². The van der Waals surface area contributed by atoms with E-state index in [-0.39, 0.29) is 18.0 Å². The fraction of sp³-hybridized carbons (Fsp3) is 0.200. The van der Waals surface area contributed by atoms with Crippen LogP contribution in [0.4, 0.5) is 10.1 Å². The van der Waals surface area contributed by atoms with Crippen LogP contribution in [-0.2, 0) is 0 Å². The number of halogens is 1. The van der Waals surface area contributed by atoms with E-state index in [1.165, 1.54) is 6.07 Å². The summed E-state index contributed by atoms with van der Waals surface area (Å²) in [5.41, 5.74) is 0.874. The van der Waals surface area contributed by atoms with Crippen molar-refractivity contribution in [2.24, 2.45) is 5.18 Å². The third-order valence-corrected chi connectivity index (χ3v) is 1.49. The maximum absolute atomic E-state index is 12.8. The van der Waals surface area contributed by atoms with Crippen LogP contribution in [0, 0.1) is 10.7 Å². The number of nitroso groups, excluding NO2 is 1. The van der Waals surface area contributed by atoms with Crippen LogP contribution < -0.4 is 4.74 Å². The van der Waals surface area contributed by atoms with Gasteiger partial charge >= 0.3 is 0 Å². The minimum absolute atomic E-state index is 0.0904. The van der Waals surface area contributed by atoms with E-state index in [4.69, 9.17) is 4.74 Å². The van der Waals surface area contributed by atoms with E-state index in [2.05, 4.69) is 11.8 Å². The Kier molecular flexibility index (Phi) is 3.34. The van der Waals surface area contributed by atoms with Gasteiger partial charge < -0.3 is 4.74 Å². The highest BCUT2D eigenvalue weighted by atomic mass is 19.1. The average molecular weight is 195 g/mol. The predicted molar refractivity (Wildman–Crippen MR) is 52.2 cm³/mol. The van der Waals surface area contributed by atoms with Crippen molar-refractivity contribution in [3.8, 4) is 5.75 Å². The lowest BCUT2D eigenvalue weighted by atomic mass is 10.3. The van der Waals surface area contributed by atoms with Crippen LogP contribution in [0.1, 0.15) is 6.92 Å². The van der Waals surface area contributed by atoms with Gasteiger partial charge in [0.25, 0.3) is 0 Å². The standard InChI is InChI=1S/C10H10FNO2/c1-7(2)6-14-10-5-8(11)3-4-9(10)12-13/h3-5H,1,6H2,2H3. The molecule has 0 radical (unpaired) electrons. The molecule has 0 aromatic heterocycles. The second-order valence-corrected chi connectivity index (χ2v) is 2.95. The molecular formula is C10H10FNO2. The predicted octanol–water partition coefficient (Wildman–Crippen LogP) is 3.18. The zero-order chi connectivity index (χ0) is 10.6. The van der Waals surface area contributed by atoms with Crippen molar-refractivity contribution in [3.63, 3.8) is 0 Å². The van der Waals surface area contributed by atoms with E-state index in [1.54, 1.807) is 6.92 Å². The lowest BCUT2D eigenvalue weighted by Gasteiger charge is -2.06. The Bertz CT molecular complexity index is 363. The minimum atomic E-state index is -0.464. The molecule has 0 aliphatic carbocycles. The fourth-order valence-electron chi connectivity index (χ4n) is 0.880. The molecule has 0 N–H and O–H groups in total. The molecule has 0 bridgehead atoms. The molecule has 74 valence electrons. The van der Waals surface area contributed by atoms with E-state index < -0.39 is 5.82 Å². The number of rotatable bonds is 4. The Balaban J connectivity index is 2.87. The van der Waals surface area contributed by atoms with Crippen LogP contribution in [0.5, 0.6) is 5.75 Å². The molecule has 1 aromatic rings. The number of ether oxygens (including phenoxy) is 1. The smallest absolute Gasteiger partial charge is 0.151 e. The van der Waals surface area contributed by atoms with Crippen LogP contribution in [0.15, 0.2) is 35.5 Å². The number of hydrogen-bond donors (Lipinski definition) is 0. The first kappa shape index (κ1) is 10.4. The van der Waals surface area contributed by atoms with Crippen molar-refractivity contribution in [2.45, 2.75) is 6.92 Å². The van der Waals surface area contributed by atoms with Crippen molar-refractivity contribution >= 4 is 5.69 Å². The maximum Gasteiger partial charge on any atom is 0.151 e. The normalized spacial score (nSPS) is 9.57. The average Bonchev–Trinajstić information content (AvgIpc) is 2.15. The second kappa shape index (κ2) is 4.50. The first-order valence-electron chi connectivity index (χ1n) is 4.03. The lowest BCUT2D eigenvalue weighted by Crippen LogP contribution is -1.98. The molecule has 3 nitrogen and oxygen atoms in total. The van der Waals surface area contributed by atoms with Crippen molar-refractivity contribution in [2.75, 3.05) is 6.61 Å². The topological polar surface area (TPSA) is 38.7 Å². The lowest BCUT2D eigenvalue weighted by molar-refractivity contribution is 0.352. The molecule has 0 fully saturated rings. The monoisotopic (exact) mass is 195 g/mol. The number of benzene rings is 1. The fourth-order valence-corrected chi connectivity index (χ4v) is 0.880. The summed E-state index contributed by atoms with van der Waals surface area (Å²) in [6, 6.07) is 3.56. The Hall–Kier alpha value is -1.71. The Morgan fingerprint density at radius 2 is 2.36 bits per heavy atom. The van der Waals surface area contributed by atoms with Crippen LogP contribution in [-0.4, -0.2) is 6.61 Å². The highest BCUT2D eigenvalue weighted by molar-refractivity contribution is 5.51. The van der Waals surface area contributed by atoms with Gasteiger partial charge in [0.1, 0.15) is 18.1 Å². The molecular weight excluding hydrogens is 185 g/mol. The van der Waals surface area contributed by atoms with E-state index >= 15 is 0 Å². The number of hydrogen-bond acceptors (Lipinski definition) is 3. The summed E-state index contributed by atoms with van der Waals surface area (Å²) in [6.45, 7) is 5.63. The van der Waals surface area contributed by atoms with Crippen molar-refractivity contribution in [1.82, 2.24) is 0 Å². The van der Waals surface area contributed by atoms with Gasteiger partial charge in [-0.05, 0) is 29.8 Å². The molecule has 1 rings (SSSR count). The third-order valence-electron chi connectivity index (χ3n) is 1.49. The molecule has 4 heteroatoms. The Morgan fingerprint density at radius 3 is 2.93 bits per heavy atom. The summed E-state index contributed by atoms with van der Waals surface area (Å²) in [5.74, 6) is -0.322. The molecule has 0 saturated carbocycles. The summed E-state index contributed by atoms with van der Waals surface area (Å²) in [4.78, 5) is 10.3. The first-order chi connectivity index (χ1) is 6.63. The van der Waals surface area contributed by atoms with Gasteiger partial charge in [0.15, 0.2) is 5.75 Å². The molecule has 14 heavy (non-hydrogen) atoms. The first-order valence-corrected chi connectivity index (χ1v) is 4.03.